The van der Waals surface area contributed by atoms with Crippen molar-refractivity contribution in [3.8, 4) is 5.75 Å². The number of fused-ring (bicyclic) bond motifs is 1. The molecule has 0 saturated heterocycles. The maximum Gasteiger partial charge on any atom is 0.243 e. The van der Waals surface area contributed by atoms with Crippen molar-refractivity contribution in [1.82, 2.24) is 0 Å². The number of amides is 1. The van der Waals surface area contributed by atoms with Crippen LogP contribution in [-0.4, -0.2) is 25.6 Å². The molecule has 2 aromatic rings. The predicted molar refractivity (Wildman–Crippen MR) is 88.6 cm³/mol. The Kier molecular flexibility index (Phi) is 4.00. The van der Waals surface area contributed by atoms with Crippen molar-refractivity contribution in [3.05, 3.63) is 54.1 Å². The highest BCUT2D eigenvalue weighted by molar-refractivity contribution is 5.94. The van der Waals surface area contributed by atoms with Crippen molar-refractivity contribution in [1.29, 1.82) is 0 Å². The fourth-order valence-electron chi connectivity index (χ4n) is 2.90. The third-order valence-electron chi connectivity index (χ3n) is 4.04. The molecular weight excluding hydrogens is 276 g/mol. The minimum Gasteiger partial charge on any atom is -0.497 e. The molecule has 1 atom stereocenters. The van der Waals surface area contributed by atoms with Gasteiger partial charge in [-0.1, -0.05) is 18.2 Å². The van der Waals surface area contributed by atoms with Crippen LogP contribution in [0.5, 0.6) is 5.75 Å². The summed E-state index contributed by atoms with van der Waals surface area (Å²) in [5, 5.41) is 2.94. The highest BCUT2D eigenvalue weighted by Crippen LogP contribution is 2.31. The molecule has 1 amide bonds. The molecule has 0 unspecified atom stereocenters. The third kappa shape index (κ3) is 2.91. The molecule has 0 spiro atoms. The van der Waals surface area contributed by atoms with Crippen molar-refractivity contribution in [2.24, 2.45) is 0 Å². The van der Waals surface area contributed by atoms with Gasteiger partial charge in [-0.05, 0) is 49.2 Å². The zero-order chi connectivity index (χ0) is 15.5. The fourth-order valence-corrected chi connectivity index (χ4v) is 2.90. The monoisotopic (exact) mass is 296 g/mol. The standard InChI is InChI=1S/C18H20N2O2/c1-13-11-14-5-3-4-6-17(14)20(13)12-18(21)19-15-7-9-16(22-2)10-8-15/h3-10,13H,11-12H2,1-2H3,(H,19,21)/t13-/m1/s1. The van der Waals surface area contributed by atoms with Crippen LogP contribution in [0.1, 0.15) is 12.5 Å². The zero-order valence-electron chi connectivity index (χ0n) is 12.9. The van der Waals surface area contributed by atoms with Crippen LogP contribution >= 0.6 is 0 Å². The van der Waals surface area contributed by atoms with Gasteiger partial charge in [-0.25, -0.2) is 0 Å². The number of ether oxygens (including phenoxy) is 1. The molecule has 3 rings (SSSR count). The zero-order valence-corrected chi connectivity index (χ0v) is 12.9. The SMILES string of the molecule is COc1ccc(NC(=O)CN2c3ccccc3C[C@H]2C)cc1. The summed E-state index contributed by atoms with van der Waals surface area (Å²) in [4.78, 5) is 14.5. The lowest BCUT2D eigenvalue weighted by atomic mass is 10.1. The van der Waals surface area contributed by atoms with Gasteiger partial charge in [0.2, 0.25) is 5.91 Å². The lowest BCUT2D eigenvalue weighted by Crippen LogP contribution is -2.37. The molecule has 1 aliphatic rings. The van der Waals surface area contributed by atoms with E-state index in [4.69, 9.17) is 4.74 Å². The van der Waals surface area contributed by atoms with E-state index in [1.165, 1.54) is 11.3 Å². The molecule has 22 heavy (non-hydrogen) atoms. The maximum atomic E-state index is 12.3. The van der Waals surface area contributed by atoms with E-state index in [-0.39, 0.29) is 5.91 Å². The summed E-state index contributed by atoms with van der Waals surface area (Å²) in [5.41, 5.74) is 3.26. The van der Waals surface area contributed by atoms with E-state index >= 15 is 0 Å². The molecule has 0 bridgehead atoms. The molecule has 114 valence electrons. The van der Waals surface area contributed by atoms with E-state index in [9.17, 15) is 4.79 Å². The quantitative estimate of drug-likeness (QED) is 0.942. The van der Waals surface area contributed by atoms with E-state index in [2.05, 4.69) is 29.3 Å². The highest BCUT2D eigenvalue weighted by atomic mass is 16.5. The molecule has 0 radical (unpaired) electrons. The number of methoxy groups -OCH3 is 1. The molecule has 0 fully saturated rings. The van der Waals surface area contributed by atoms with E-state index < -0.39 is 0 Å². The number of anilines is 2. The smallest absolute Gasteiger partial charge is 0.243 e. The molecule has 0 saturated carbocycles. The van der Waals surface area contributed by atoms with Gasteiger partial charge >= 0.3 is 0 Å². The number of nitrogens with one attached hydrogen (secondary N) is 1. The largest absolute Gasteiger partial charge is 0.497 e. The number of para-hydroxylation sites is 1. The minimum absolute atomic E-state index is 0.00581. The second-order valence-electron chi connectivity index (χ2n) is 5.59. The van der Waals surface area contributed by atoms with Crippen LogP contribution in [0.15, 0.2) is 48.5 Å². The predicted octanol–water partition coefficient (Wildman–Crippen LogP) is 3.08. The highest BCUT2D eigenvalue weighted by Gasteiger charge is 2.26. The number of carbonyl (C=O) groups is 1. The van der Waals surface area contributed by atoms with Crippen LogP contribution in [0.3, 0.4) is 0 Å². The van der Waals surface area contributed by atoms with Gasteiger partial charge in [0, 0.05) is 17.4 Å². The van der Waals surface area contributed by atoms with Gasteiger partial charge in [-0.15, -0.1) is 0 Å². The van der Waals surface area contributed by atoms with Crippen LogP contribution in [0, 0.1) is 0 Å². The summed E-state index contributed by atoms with van der Waals surface area (Å²) in [6.45, 7) is 2.52. The first-order valence-corrected chi connectivity index (χ1v) is 7.46. The van der Waals surface area contributed by atoms with E-state index in [0.29, 0.717) is 12.6 Å². The lowest BCUT2D eigenvalue weighted by Gasteiger charge is -2.24. The van der Waals surface area contributed by atoms with Crippen LogP contribution < -0.4 is 15.0 Å². The summed E-state index contributed by atoms with van der Waals surface area (Å²) >= 11 is 0. The Morgan fingerprint density at radius 1 is 1.23 bits per heavy atom. The van der Waals surface area contributed by atoms with Crippen molar-refractivity contribution >= 4 is 17.3 Å². The Morgan fingerprint density at radius 2 is 1.95 bits per heavy atom. The molecular formula is C18H20N2O2. The van der Waals surface area contributed by atoms with Crippen LogP contribution in [-0.2, 0) is 11.2 Å². The lowest BCUT2D eigenvalue weighted by molar-refractivity contribution is -0.115. The van der Waals surface area contributed by atoms with Gasteiger partial charge in [0.05, 0.1) is 13.7 Å². The summed E-state index contributed by atoms with van der Waals surface area (Å²) < 4.78 is 5.11. The third-order valence-corrected chi connectivity index (χ3v) is 4.04. The van der Waals surface area contributed by atoms with Gasteiger partial charge in [0.15, 0.2) is 0 Å². The number of benzene rings is 2. The van der Waals surface area contributed by atoms with Crippen molar-refractivity contribution in [2.45, 2.75) is 19.4 Å². The summed E-state index contributed by atoms with van der Waals surface area (Å²) in [5.74, 6) is 0.772. The summed E-state index contributed by atoms with van der Waals surface area (Å²) in [7, 11) is 1.62. The molecule has 1 aliphatic heterocycles. The number of hydrogen-bond donors (Lipinski definition) is 1. The Balaban J connectivity index is 1.66. The van der Waals surface area contributed by atoms with Crippen molar-refractivity contribution in [2.75, 3.05) is 23.9 Å². The molecule has 1 heterocycles. The van der Waals surface area contributed by atoms with E-state index in [1.807, 2.05) is 36.4 Å². The second kappa shape index (κ2) is 6.10. The molecule has 1 N–H and O–H groups in total. The molecule has 4 heteroatoms. The number of rotatable bonds is 4. The Bertz CT molecular complexity index is 667. The van der Waals surface area contributed by atoms with Gasteiger partial charge < -0.3 is 15.0 Å². The molecule has 0 aliphatic carbocycles. The number of nitrogens with zero attached hydrogens (tertiary/aromatic N) is 1. The minimum atomic E-state index is -0.00581. The van der Waals surface area contributed by atoms with Crippen molar-refractivity contribution < 1.29 is 9.53 Å². The first-order valence-electron chi connectivity index (χ1n) is 7.46. The summed E-state index contributed by atoms with van der Waals surface area (Å²) in [6.07, 6.45) is 0.992. The Labute approximate surface area is 130 Å². The first-order chi connectivity index (χ1) is 10.7. The van der Waals surface area contributed by atoms with Gasteiger partial charge in [-0.2, -0.15) is 0 Å². The van der Waals surface area contributed by atoms with Gasteiger partial charge in [0.1, 0.15) is 5.75 Å². The number of hydrogen-bond acceptors (Lipinski definition) is 3. The number of carbonyl (C=O) groups excluding carboxylic acids is 1. The Hall–Kier alpha value is -2.49. The van der Waals surface area contributed by atoms with Crippen LogP contribution in [0.2, 0.25) is 0 Å². The van der Waals surface area contributed by atoms with Crippen LogP contribution in [0.25, 0.3) is 0 Å². The van der Waals surface area contributed by atoms with E-state index in [0.717, 1.165) is 17.9 Å². The van der Waals surface area contributed by atoms with Crippen molar-refractivity contribution in [3.63, 3.8) is 0 Å². The summed E-state index contributed by atoms with van der Waals surface area (Å²) in [6, 6.07) is 16.0. The van der Waals surface area contributed by atoms with Gasteiger partial charge in [-0.3, -0.25) is 4.79 Å². The van der Waals surface area contributed by atoms with Gasteiger partial charge in [0.25, 0.3) is 0 Å². The maximum absolute atomic E-state index is 12.3. The average Bonchev–Trinajstić information content (AvgIpc) is 2.84. The topological polar surface area (TPSA) is 41.6 Å². The fraction of sp³-hybridized carbons (Fsp3) is 0.278. The average molecular weight is 296 g/mol. The molecule has 2 aromatic carbocycles. The van der Waals surface area contributed by atoms with E-state index in [1.54, 1.807) is 7.11 Å². The molecule has 0 aromatic heterocycles. The second-order valence-corrected chi connectivity index (χ2v) is 5.59. The molecule has 4 nitrogen and oxygen atoms in total. The van der Waals surface area contributed by atoms with Crippen LogP contribution in [0.4, 0.5) is 11.4 Å². The first kappa shape index (κ1) is 14.4. The Morgan fingerprint density at radius 3 is 2.68 bits per heavy atom. The normalized spacial score (nSPS) is 16.3.